The maximum absolute atomic E-state index is 12.1. The van der Waals surface area contributed by atoms with Crippen LogP contribution in [0.25, 0.3) is 0 Å². The van der Waals surface area contributed by atoms with E-state index in [1.54, 1.807) is 48.5 Å². The molecule has 0 saturated heterocycles. The van der Waals surface area contributed by atoms with E-state index in [1.807, 2.05) is 6.92 Å². The van der Waals surface area contributed by atoms with Gasteiger partial charge in [0.15, 0.2) is 0 Å². The molecule has 0 saturated carbocycles. The van der Waals surface area contributed by atoms with Crippen LogP contribution in [0.15, 0.2) is 48.5 Å². The quantitative estimate of drug-likeness (QED) is 0.883. The van der Waals surface area contributed by atoms with Crippen molar-refractivity contribution in [1.29, 1.82) is 0 Å². The molecular weight excluding hydrogens is 300 g/mol. The molecule has 0 unspecified atom stereocenters. The SMILES string of the molecule is CCCNC(=O)c1ccc(C(=O)Nc2ccc(Cl)cc2)cc1. The predicted molar refractivity (Wildman–Crippen MR) is 88.5 cm³/mol. The summed E-state index contributed by atoms with van der Waals surface area (Å²) in [5, 5.41) is 6.17. The van der Waals surface area contributed by atoms with Gasteiger partial charge in [0.1, 0.15) is 0 Å². The summed E-state index contributed by atoms with van der Waals surface area (Å²) in [4.78, 5) is 23.9. The monoisotopic (exact) mass is 316 g/mol. The van der Waals surface area contributed by atoms with Gasteiger partial charge in [-0.3, -0.25) is 9.59 Å². The lowest BCUT2D eigenvalue weighted by Gasteiger charge is -2.07. The summed E-state index contributed by atoms with van der Waals surface area (Å²) in [6, 6.07) is 13.4. The van der Waals surface area contributed by atoms with Crippen LogP contribution in [0.5, 0.6) is 0 Å². The number of carbonyl (C=O) groups excluding carboxylic acids is 2. The van der Waals surface area contributed by atoms with Crippen LogP contribution < -0.4 is 10.6 Å². The summed E-state index contributed by atoms with van der Waals surface area (Å²) < 4.78 is 0. The first kappa shape index (κ1) is 16.0. The number of hydrogen-bond acceptors (Lipinski definition) is 2. The highest BCUT2D eigenvalue weighted by atomic mass is 35.5. The van der Waals surface area contributed by atoms with E-state index in [4.69, 9.17) is 11.6 Å². The highest BCUT2D eigenvalue weighted by Crippen LogP contribution is 2.14. The number of benzene rings is 2. The lowest BCUT2D eigenvalue weighted by atomic mass is 10.1. The zero-order valence-electron chi connectivity index (χ0n) is 12.2. The highest BCUT2D eigenvalue weighted by Gasteiger charge is 2.08. The molecule has 0 radical (unpaired) electrons. The van der Waals surface area contributed by atoms with Crippen molar-refractivity contribution in [3.05, 3.63) is 64.7 Å². The molecule has 5 heteroatoms. The maximum Gasteiger partial charge on any atom is 0.255 e. The summed E-state index contributed by atoms with van der Waals surface area (Å²) in [5.41, 5.74) is 1.69. The fourth-order valence-electron chi connectivity index (χ4n) is 1.85. The topological polar surface area (TPSA) is 58.2 Å². The van der Waals surface area contributed by atoms with Gasteiger partial charge in [-0.15, -0.1) is 0 Å². The Hall–Kier alpha value is -2.33. The van der Waals surface area contributed by atoms with Crippen molar-refractivity contribution < 1.29 is 9.59 Å². The number of carbonyl (C=O) groups is 2. The molecule has 0 aliphatic carbocycles. The normalized spacial score (nSPS) is 10.1. The van der Waals surface area contributed by atoms with Crippen LogP contribution in [-0.4, -0.2) is 18.4 Å². The Labute approximate surface area is 134 Å². The first-order chi connectivity index (χ1) is 10.6. The Morgan fingerprint density at radius 1 is 0.909 bits per heavy atom. The molecule has 0 aromatic heterocycles. The fourth-order valence-corrected chi connectivity index (χ4v) is 1.98. The van der Waals surface area contributed by atoms with E-state index in [9.17, 15) is 9.59 Å². The van der Waals surface area contributed by atoms with Crippen molar-refractivity contribution in [2.24, 2.45) is 0 Å². The zero-order valence-corrected chi connectivity index (χ0v) is 13.0. The lowest BCUT2D eigenvalue weighted by Crippen LogP contribution is -2.24. The summed E-state index contributed by atoms with van der Waals surface area (Å²) >= 11 is 5.80. The molecule has 0 aliphatic heterocycles. The second kappa shape index (κ2) is 7.61. The molecule has 0 atom stereocenters. The molecule has 0 bridgehead atoms. The van der Waals surface area contributed by atoms with Gasteiger partial charge in [0.25, 0.3) is 11.8 Å². The van der Waals surface area contributed by atoms with Gasteiger partial charge in [-0.1, -0.05) is 18.5 Å². The average molecular weight is 317 g/mol. The third kappa shape index (κ3) is 4.33. The third-order valence-corrected chi connectivity index (χ3v) is 3.30. The molecule has 0 fully saturated rings. The first-order valence-corrected chi connectivity index (χ1v) is 7.43. The third-order valence-electron chi connectivity index (χ3n) is 3.05. The van der Waals surface area contributed by atoms with Crippen LogP contribution >= 0.6 is 11.6 Å². The average Bonchev–Trinajstić information content (AvgIpc) is 2.55. The van der Waals surface area contributed by atoms with Crippen LogP contribution in [0.3, 0.4) is 0 Å². The number of anilines is 1. The summed E-state index contributed by atoms with van der Waals surface area (Å²) in [7, 11) is 0. The zero-order chi connectivity index (χ0) is 15.9. The van der Waals surface area contributed by atoms with E-state index in [1.165, 1.54) is 0 Å². The Morgan fingerprint density at radius 2 is 1.45 bits per heavy atom. The van der Waals surface area contributed by atoms with E-state index in [0.717, 1.165) is 6.42 Å². The minimum Gasteiger partial charge on any atom is -0.352 e. The molecule has 2 aromatic rings. The van der Waals surface area contributed by atoms with Crippen LogP contribution in [0.2, 0.25) is 5.02 Å². The molecule has 2 rings (SSSR count). The Kier molecular flexibility index (Phi) is 5.55. The van der Waals surface area contributed by atoms with Gasteiger partial charge in [-0.25, -0.2) is 0 Å². The van der Waals surface area contributed by atoms with Crippen molar-refractivity contribution in [2.75, 3.05) is 11.9 Å². The standard InChI is InChI=1S/C17H17ClN2O2/c1-2-11-19-16(21)12-3-5-13(6-4-12)17(22)20-15-9-7-14(18)8-10-15/h3-10H,2,11H2,1H3,(H,19,21)(H,20,22). The number of rotatable bonds is 5. The van der Waals surface area contributed by atoms with Crippen LogP contribution in [0, 0.1) is 0 Å². The smallest absolute Gasteiger partial charge is 0.255 e. The van der Waals surface area contributed by atoms with Crippen LogP contribution in [0.4, 0.5) is 5.69 Å². The number of hydrogen-bond donors (Lipinski definition) is 2. The summed E-state index contributed by atoms with van der Waals surface area (Å²) in [6.45, 7) is 2.63. The van der Waals surface area contributed by atoms with Gasteiger partial charge >= 0.3 is 0 Å². The molecular formula is C17H17ClN2O2. The van der Waals surface area contributed by atoms with Crippen molar-refractivity contribution in [3.63, 3.8) is 0 Å². The van der Waals surface area contributed by atoms with E-state index in [-0.39, 0.29) is 11.8 Å². The molecule has 114 valence electrons. The highest BCUT2D eigenvalue weighted by molar-refractivity contribution is 6.30. The van der Waals surface area contributed by atoms with Crippen molar-refractivity contribution in [3.8, 4) is 0 Å². The van der Waals surface area contributed by atoms with Crippen LogP contribution in [0.1, 0.15) is 34.1 Å². The molecule has 2 aromatic carbocycles. The van der Waals surface area contributed by atoms with Crippen molar-refractivity contribution in [1.82, 2.24) is 5.32 Å². The van der Waals surface area contributed by atoms with Crippen molar-refractivity contribution >= 4 is 29.1 Å². The molecule has 0 spiro atoms. The van der Waals surface area contributed by atoms with Gasteiger partial charge in [0.2, 0.25) is 0 Å². The lowest BCUT2D eigenvalue weighted by molar-refractivity contribution is 0.0951. The number of halogens is 1. The molecule has 2 amide bonds. The van der Waals surface area contributed by atoms with Gasteiger partial charge in [-0.05, 0) is 55.0 Å². The molecule has 0 heterocycles. The molecule has 22 heavy (non-hydrogen) atoms. The second-order valence-corrected chi connectivity index (χ2v) is 5.23. The molecule has 0 aliphatic rings. The maximum atomic E-state index is 12.1. The largest absolute Gasteiger partial charge is 0.352 e. The number of amides is 2. The first-order valence-electron chi connectivity index (χ1n) is 7.05. The van der Waals surface area contributed by atoms with E-state index < -0.39 is 0 Å². The Morgan fingerprint density at radius 3 is 2.00 bits per heavy atom. The Bertz CT molecular complexity index is 651. The molecule has 4 nitrogen and oxygen atoms in total. The van der Waals surface area contributed by atoms with E-state index in [2.05, 4.69) is 10.6 Å². The Balaban J connectivity index is 2.01. The van der Waals surface area contributed by atoms with Crippen LogP contribution in [-0.2, 0) is 0 Å². The number of nitrogens with one attached hydrogen (secondary N) is 2. The van der Waals surface area contributed by atoms with Gasteiger partial charge in [0.05, 0.1) is 0 Å². The van der Waals surface area contributed by atoms with E-state index in [0.29, 0.717) is 28.4 Å². The minimum atomic E-state index is -0.233. The summed E-state index contributed by atoms with van der Waals surface area (Å²) in [6.07, 6.45) is 0.882. The van der Waals surface area contributed by atoms with E-state index >= 15 is 0 Å². The second-order valence-electron chi connectivity index (χ2n) is 4.79. The molecule has 2 N–H and O–H groups in total. The minimum absolute atomic E-state index is 0.133. The van der Waals surface area contributed by atoms with Crippen molar-refractivity contribution in [2.45, 2.75) is 13.3 Å². The summed E-state index contributed by atoms with van der Waals surface area (Å²) in [5.74, 6) is -0.366. The fraction of sp³-hybridized carbons (Fsp3) is 0.176. The van der Waals surface area contributed by atoms with Gasteiger partial charge < -0.3 is 10.6 Å². The predicted octanol–water partition coefficient (Wildman–Crippen LogP) is 3.73. The van der Waals surface area contributed by atoms with Gasteiger partial charge in [0, 0.05) is 28.4 Å². The van der Waals surface area contributed by atoms with Gasteiger partial charge in [-0.2, -0.15) is 0 Å².